The Morgan fingerprint density at radius 2 is 1.76 bits per heavy atom. The van der Waals surface area contributed by atoms with Gasteiger partial charge in [-0.1, -0.05) is 42.5 Å². The average molecular weight is 488 g/mol. The van der Waals surface area contributed by atoms with E-state index in [2.05, 4.69) is 14.7 Å². The molecule has 0 radical (unpaired) electrons. The topological polar surface area (TPSA) is 84.1 Å². The zero-order valence-electron chi connectivity index (χ0n) is 17.9. The molecule has 0 unspecified atom stereocenters. The first-order chi connectivity index (χ1) is 16.1. The first-order valence-electron chi connectivity index (χ1n) is 10.1. The largest absolute Gasteiger partial charge is 0.484 e. The molecule has 3 aromatic carbocycles. The van der Waals surface area contributed by atoms with Crippen LogP contribution in [0.5, 0.6) is 5.75 Å². The third-order valence-electron chi connectivity index (χ3n) is 4.75. The molecule has 4 aromatic rings. The van der Waals surface area contributed by atoms with E-state index in [1.807, 2.05) is 30.3 Å². The molecule has 0 fully saturated rings. The standard InChI is InChI=1S/C24H20F3N3O3S/c1-34(31,32)30-20-5-3-2-4-19(20)17-9-12-21-22(14-17)29-23(28-21)13-8-16-6-10-18(11-7-16)33-15-24(25,26)27/h2-14,30H,15H2,1H3,(H,28,29)/b13-8+. The normalized spacial score (nSPS) is 12.4. The first-order valence-corrected chi connectivity index (χ1v) is 12.0. The van der Waals surface area contributed by atoms with Crippen molar-refractivity contribution in [2.24, 2.45) is 0 Å². The van der Waals surface area contributed by atoms with Crippen molar-refractivity contribution in [1.29, 1.82) is 0 Å². The molecule has 0 spiro atoms. The van der Waals surface area contributed by atoms with Crippen LogP contribution in [0.1, 0.15) is 11.4 Å². The van der Waals surface area contributed by atoms with Gasteiger partial charge in [0.25, 0.3) is 0 Å². The Morgan fingerprint density at radius 3 is 2.47 bits per heavy atom. The number of fused-ring (bicyclic) bond motifs is 1. The van der Waals surface area contributed by atoms with Gasteiger partial charge in [0.1, 0.15) is 11.6 Å². The second-order valence-electron chi connectivity index (χ2n) is 7.58. The van der Waals surface area contributed by atoms with E-state index >= 15 is 0 Å². The van der Waals surface area contributed by atoms with Crippen LogP contribution in [0.4, 0.5) is 18.9 Å². The molecule has 2 N–H and O–H groups in total. The third-order valence-corrected chi connectivity index (χ3v) is 5.34. The number of hydrogen-bond acceptors (Lipinski definition) is 4. The van der Waals surface area contributed by atoms with E-state index < -0.39 is 22.8 Å². The van der Waals surface area contributed by atoms with Gasteiger partial charge in [0.15, 0.2) is 6.61 Å². The number of H-pyrrole nitrogens is 1. The molecule has 34 heavy (non-hydrogen) atoms. The number of halogens is 3. The highest BCUT2D eigenvalue weighted by Gasteiger charge is 2.28. The molecule has 6 nitrogen and oxygen atoms in total. The zero-order chi connectivity index (χ0) is 24.3. The second kappa shape index (κ2) is 9.22. The first kappa shape index (κ1) is 23.4. The summed E-state index contributed by atoms with van der Waals surface area (Å²) >= 11 is 0. The molecule has 4 rings (SSSR count). The lowest BCUT2D eigenvalue weighted by Crippen LogP contribution is -2.19. The lowest BCUT2D eigenvalue weighted by molar-refractivity contribution is -0.153. The minimum absolute atomic E-state index is 0.136. The second-order valence-corrected chi connectivity index (χ2v) is 9.33. The fraction of sp³-hybridized carbons (Fsp3) is 0.125. The molecule has 0 saturated heterocycles. The number of anilines is 1. The van der Waals surface area contributed by atoms with E-state index in [1.54, 1.807) is 36.4 Å². The molecule has 0 atom stereocenters. The molecule has 0 aliphatic heterocycles. The van der Waals surface area contributed by atoms with Gasteiger partial charge >= 0.3 is 6.18 Å². The summed E-state index contributed by atoms with van der Waals surface area (Å²) in [7, 11) is -3.43. The highest BCUT2D eigenvalue weighted by atomic mass is 32.2. The van der Waals surface area contributed by atoms with Crippen LogP contribution in [0.25, 0.3) is 34.3 Å². The van der Waals surface area contributed by atoms with Crippen molar-refractivity contribution < 1.29 is 26.3 Å². The van der Waals surface area contributed by atoms with Crippen LogP contribution in [0.2, 0.25) is 0 Å². The molecular formula is C24H20F3N3O3S. The van der Waals surface area contributed by atoms with E-state index in [-0.39, 0.29) is 5.75 Å². The maximum Gasteiger partial charge on any atom is 0.422 e. The Labute approximate surface area is 194 Å². The van der Waals surface area contributed by atoms with Gasteiger partial charge in [0, 0.05) is 5.56 Å². The number of sulfonamides is 1. The highest BCUT2D eigenvalue weighted by Crippen LogP contribution is 2.30. The minimum atomic E-state index is -4.38. The van der Waals surface area contributed by atoms with Crippen LogP contribution in [0, 0.1) is 0 Å². The summed E-state index contributed by atoms with van der Waals surface area (Å²) in [6.07, 6.45) is 0.248. The lowest BCUT2D eigenvalue weighted by Gasteiger charge is -2.10. The third kappa shape index (κ3) is 6.16. The quantitative estimate of drug-likeness (QED) is 0.350. The molecular weight excluding hydrogens is 467 g/mol. The molecule has 1 aromatic heterocycles. The number of para-hydroxylation sites is 1. The number of benzene rings is 3. The fourth-order valence-corrected chi connectivity index (χ4v) is 3.89. The van der Waals surface area contributed by atoms with Crippen molar-refractivity contribution in [2.75, 3.05) is 17.6 Å². The summed E-state index contributed by atoms with van der Waals surface area (Å²) in [5.41, 5.74) is 4.28. The average Bonchev–Trinajstić information content (AvgIpc) is 3.18. The van der Waals surface area contributed by atoms with Crippen LogP contribution >= 0.6 is 0 Å². The number of imidazole rings is 1. The number of aromatic amines is 1. The number of aromatic nitrogens is 2. The maximum absolute atomic E-state index is 12.2. The summed E-state index contributed by atoms with van der Waals surface area (Å²) in [6, 6.07) is 18.9. The predicted octanol–water partition coefficient (Wildman–Crippen LogP) is 5.71. The Kier molecular flexibility index (Phi) is 6.34. The number of nitrogens with zero attached hydrogens (tertiary/aromatic N) is 1. The number of hydrogen-bond donors (Lipinski definition) is 2. The van der Waals surface area contributed by atoms with Crippen molar-refractivity contribution in [3.05, 3.63) is 78.1 Å². The van der Waals surface area contributed by atoms with Gasteiger partial charge in [-0.2, -0.15) is 13.2 Å². The Hall–Kier alpha value is -3.79. The van der Waals surface area contributed by atoms with Crippen LogP contribution in [0.3, 0.4) is 0 Å². The van der Waals surface area contributed by atoms with E-state index in [9.17, 15) is 21.6 Å². The molecule has 0 saturated carbocycles. The number of ether oxygens (including phenoxy) is 1. The van der Waals surface area contributed by atoms with Gasteiger partial charge in [0.2, 0.25) is 10.0 Å². The number of alkyl halides is 3. The number of rotatable bonds is 7. The maximum atomic E-state index is 12.2. The molecule has 176 valence electrons. The van der Waals surface area contributed by atoms with E-state index in [4.69, 9.17) is 4.74 Å². The van der Waals surface area contributed by atoms with Crippen LogP contribution < -0.4 is 9.46 Å². The lowest BCUT2D eigenvalue weighted by atomic mass is 10.0. The Balaban J connectivity index is 1.53. The molecule has 1 heterocycles. The summed E-state index contributed by atoms with van der Waals surface area (Å²) in [5.74, 6) is 0.725. The van der Waals surface area contributed by atoms with Crippen molar-refractivity contribution in [2.45, 2.75) is 6.18 Å². The van der Waals surface area contributed by atoms with Crippen LogP contribution in [-0.4, -0.2) is 37.4 Å². The molecule has 0 bridgehead atoms. The van der Waals surface area contributed by atoms with Crippen molar-refractivity contribution in [3.63, 3.8) is 0 Å². The van der Waals surface area contributed by atoms with Gasteiger partial charge in [-0.25, -0.2) is 13.4 Å². The van der Waals surface area contributed by atoms with Crippen molar-refractivity contribution in [3.8, 4) is 16.9 Å². The van der Waals surface area contributed by atoms with E-state index in [0.717, 1.165) is 34.0 Å². The predicted molar refractivity (Wildman–Crippen MR) is 127 cm³/mol. The molecule has 0 aliphatic carbocycles. The summed E-state index contributed by atoms with van der Waals surface area (Å²) in [4.78, 5) is 7.72. The van der Waals surface area contributed by atoms with Gasteiger partial charge in [-0.15, -0.1) is 0 Å². The zero-order valence-corrected chi connectivity index (χ0v) is 18.7. The van der Waals surface area contributed by atoms with Gasteiger partial charge in [-0.05, 0) is 47.5 Å². The fourth-order valence-electron chi connectivity index (χ4n) is 3.31. The Morgan fingerprint density at radius 1 is 1.03 bits per heavy atom. The summed E-state index contributed by atoms with van der Waals surface area (Å²) in [5, 5.41) is 0. The number of nitrogens with one attached hydrogen (secondary N) is 2. The van der Waals surface area contributed by atoms with Crippen LogP contribution in [-0.2, 0) is 10.0 Å². The molecule has 0 aliphatic rings. The summed E-state index contributed by atoms with van der Waals surface area (Å²) < 4.78 is 67.4. The SMILES string of the molecule is CS(=O)(=O)Nc1ccccc1-c1ccc2nc(/C=C/c3ccc(OCC(F)(F)F)cc3)[nH]c2c1. The van der Waals surface area contributed by atoms with Crippen molar-refractivity contribution >= 4 is 38.9 Å². The molecule has 10 heteroatoms. The Bertz CT molecular complexity index is 1440. The molecule has 0 amide bonds. The van der Waals surface area contributed by atoms with Gasteiger partial charge in [0.05, 0.1) is 23.0 Å². The van der Waals surface area contributed by atoms with Crippen LogP contribution in [0.15, 0.2) is 66.7 Å². The van der Waals surface area contributed by atoms with E-state index in [1.165, 1.54) is 12.1 Å². The smallest absolute Gasteiger partial charge is 0.422 e. The van der Waals surface area contributed by atoms with Gasteiger partial charge < -0.3 is 9.72 Å². The monoisotopic (exact) mass is 487 g/mol. The summed E-state index contributed by atoms with van der Waals surface area (Å²) in [6.45, 7) is -1.34. The van der Waals surface area contributed by atoms with E-state index in [0.29, 0.717) is 11.5 Å². The van der Waals surface area contributed by atoms with Crippen molar-refractivity contribution in [1.82, 2.24) is 9.97 Å². The highest BCUT2D eigenvalue weighted by molar-refractivity contribution is 7.92. The minimum Gasteiger partial charge on any atom is -0.484 e. The van der Waals surface area contributed by atoms with Gasteiger partial charge in [-0.3, -0.25) is 4.72 Å².